The lowest BCUT2D eigenvalue weighted by Crippen LogP contribution is -2.18. The van der Waals surface area contributed by atoms with Crippen molar-refractivity contribution < 1.29 is 13.9 Å². The minimum atomic E-state index is -0.753. The SMILES string of the molecule is O=C1O[C@@H]2C[C@@H]3C[C@H]1[C@H]2[C@H]3F. The van der Waals surface area contributed by atoms with Gasteiger partial charge in [-0.25, -0.2) is 4.39 Å². The molecule has 2 nitrogen and oxygen atoms in total. The zero-order valence-corrected chi connectivity index (χ0v) is 6.00. The van der Waals surface area contributed by atoms with Crippen molar-refractivity contribution in [1.29, 1.82) is 0 Å². The van der Waals surface area contributed by atoms with Gasteiger partial charge in [-0.2, -0.15) is 0 Å². The van der Waals surface area contributed by atoms with E-state index < -0.39 is 6.17 Å². The molecule has 0 aromatic carbocycles. The summed E-state index contributed by atoms with van der Waals surface area (Å²) in [6, 6.07) is 0. The molecule has 2 bridgehead atoms. The van der Waals surface area contributed by atoms with E-state index in [4.69, 9.17) is 4.74 Å². The summed E-state index contributed by atoms with van der Waals surface area (Å²) in [6.07, 6.45) is 0.688. The molecule has 0 N–H and O–H groups in total. The average molecular weight is 156 g/mol. The van der Waals surface area contributed by atoms with E-state index in [1.54, 1.807) is 0 Å². The number of hydrogen-bond donors (Lipinski definition) is 0. The van der Waals surface area contributed by atoms with Gasteiger partial charge < -0.3 is 4.74 Å². The van der Waals surface area contributed by atoms with Gasteiger partial charge >= 0.3 is 5.97 Å². The highest BCUT2D eigenvalue weighted by molar-refractivity contribution is 5.76. The molecule has 2 aliphatic carbocycles. The molecule has 1 saturated heterocycles. The molecule has 2 saturated carbocycles. The van der Waals surface area contributed by atoms with Crippen LogP contribution in [-0.2, 0) is 9.53 Å². The van der Waals surface area contributed by atoms with E-state index in [0.717, 1.165) is 12.8 Å². The van der Waals surface area contributed by atoms with Gasteiger partial charge in [0.25, 0.3) is 0 Å². The van der Waals surface area contributed by atoms with Crippen LogP contribution in [-0.4, -0.2) is 18.2 Å². The number of alkyl halides is 1. The van der Waals surface area contributed by atoms with Gasteiger partial charge in [0, 0.05) is 5.92 Å². The maximum atomic E-state index is 13.3. The zero-order chi connectivity index (χ0) is 7.59. The maximum Gasteiger partial charge on any atom is 0.309 e. The molecule has 1 aliphatic heterocycles. The van der Waals surface area contributed by atoms with E-state index in [1.807, 2.05) is 0 Å². The monoisotopic (exact) mass is 156 g/mol. The lowest BCUT2D eigenvalue weighted by atomic mass is 9.90. The van der Waals surface area contributed by atoms with E-state index >= 15 is 0 Å². The van der Waals surface area contributed by atoms with Crippen molar-refractivity contribution in [2.45, 2.75) is 25.1 Å². The van der Waals surface area contributed by atoms with Crippen LogP contribution in [0.4, 0.5) is 4.39 Å². The van der Waals surface area contributed by atoms with Gasteiger partial charge in [0.2, 0.25) is 0 Å². The third-order valence-corrected chi connectivity index (χ3v) is 3.37. The fourth-order valence-corrected chi connectivity index (χ4v) is 2.91. The van der Waals surface area contributed by atoms with E-state index in [-0.39, 0.29) is 29.8 Å². The van der Waals surface area contributed by atoms with Crippen LogP contribution in [0.25, 0.3) is 0 Å². The average Bonchev–Trinajstić information content (AvgIpc) is 2.47. The zero-order valence-electron chi connectivity index (χ0n) is 6.00. The second kappa shape index (κ2) is 1.59. The van der Waals surface area contributed by atoms with Gasteiger partial charge in [0.15, 0.2) is 0 Å². The van der Waals surface area contributed by atoms with Crippen LogP contribution in [0.2, 0.25) is 0 Å². The Morgan fingerprint density at radius 2 is 2.27 bits per heavy atom. The molecule has 3 fully saturated rings. The Morgan fingerprint density at radius 3 is 2.82 bits per heavy atom. The molecule has 0 radical (unpaired) electrons. The van der Waals surface area contributed by atoms with Crippen molar-refractivity contribution in [3.8, 4) is 0 Å². The van der Waals surface area contributed by atoms with Gasteiger partial charge in [0.05, 0.1) is 5.92 Å². The number of hydrogen-bond acceptors (Lipinski definition) is 2. The molecule has 0 aromatic rings. The first-order valence-electron chi connectivity index (χ1n) is 4.12. The lowest BCUT2D eigenvalue weighted by Gasteiger charge is -2.10. The van der Waals surface area contributed by atoms with Crippen LogP contribution in [0.3, 0.4) is 0 Å². The largest absolute Gasteiger partial charge is 0.462 e. The van der Waals surface area contributed by atoms with Crippen LogP contribution in [0.1, 0.15) is 12.8 Å². The molecule has 3 rings (SSSR count). The molecular weight excluding hydrogens is 147 g/mol. The highest BCUT2D eigenvalue weighted by Gasteiger charge is 2.62. The normalized spacial score (nSPS) is 58.6. The first-order chi connectivity index (χ1) is 5.27. The Bertz CT molecular complexity index is 228. The predicted molar refractivity (Wildman–Crippen MR) is 34.5 cm³/mol. The van der Waals surface area contributed by atoms with Crippen molar-refractivity contribution in [2.75, 3.05) is 0 Å². The summed E-state index contributed by atoms with van der Waals surface area (Å²) >= 11 is 0. The second-order valence-electron chi connectivity index (χ2n) is 3.84. The van der Waals surface area contributed by atoms with Crippen LogP contribution in [0.5, 0.6) is 0 Å². The minimum absolute atomic E-state index is 0.0683. The highest BCUT2D eigenvalue weighted by Crippen LogP contribution is 2.55. The van der Waals surface area contributed by atoms with Gasteiger partial charge in [-0.05, 0) is 18.8 Å². The number of esters is 1. The maximum absolute atomic E-state index is 13.3. The molecule has 0 aromatic heterocycles. The van der Waals surface area contributed by atoms with E-state index in [9.17, 15) is 9.18 Å². The smallest absolute Gasteiger partial charge is 0.309 e. The van der Waals surface area contributed by atoms with Crippen molar-refractivity contribution in [2.24, 2.45) is 17.8 Å². The van der Waals surface area contributed by atoms with Crippen LogP contribution in [0, 0.1) is 17.8 Å². The topological polar surface area (TPSA) is 26.3 Å². The van der Waals surface area contributed by atoms with E-state index in [0.29, 0.717) is 0 Å². The molecule has 0 amide bonds. The standard InChI is InChI=1S/C8H9FO2/c9-7-3-1-4-6(7)5(2-3)11-8(4)10/h3-7H,1-2H2/t3-,4-,5+,6+,7-/m0/s1. The summed E-state index contributed by atoms with van der Waals surface area (Å²) in [6.45, 7) is 0. The summed E-state index contributed by atoms with van der Waals surface area (Å²) < 4.78 is 18.3. The number of carbonyl (C=O) groups excluding carboxylic acids is 1. The summed E-state index contributed by atoms with van der Waals surface area (Å²) in [7, 11) is 0. The second-order valence-corrected chi connectivity index (χ2v) is 3.84. The molecule has 11 heavy (non-hydrogen) atoms. The summed E-state index contributed by atoms with van der Waals surface area (Å²) in [5, 5.41) is 0. The van der Waals surface area contributed by atoms with E-state index in [1.165, 1.54) is 0 Å². The number of carbonyl (C=O) groups is 1. The Labute approximate surface area is 63.7 Å². The summed E-state index contributed by atoms with van der Waals surface area (Å²) in [5.74, 6) is -0.189. The Morgan fingerprint density at radius 1 is 1.45 bits per heavy atom. The molecule has 0 spiro atoms. The molecule has 3 heteroatoms. The molecular formula is C8H9FO2. The van der Waals surface area contributed by atoms with Gasteiger partial charge in [-0.15, -0.1) is 0 Å². The number of halogens is 1. The van der Waals surface area contributed by atoms with Crippen LogP contribution in [0.15, 0.2) is 0 Å². The quantitative estimate of drug-likeness (QED) is 0.487. The third kappa shape index (κ3) is 0.522. The number of rotatable bonds is 0. The van der Waals surface area contributed by atoms with Crippen molar-refractivity contribution in [3.05, 3.63) is 0 Å². The summed E-state index contributed by atoms with van der Waals surface area (Å²) in [5.41, 5.74) is 0. The fourth-order valence-electron chi connectivity index (χ4n) is 2.91. The highest BCUT2D eigenvalue weighted by atomic mass is 19.1. The third-order valence-electron chi connectivity index (χ3n) is 3.37. The fraction of sp³-hybridized carbons (Fsp3) is 0.875. The Kier molecular flexibility index (Phi) is 0.866. The number of fused-ring (bicyclic) bond motifs is 1. The predicted octanol–water partition coefficient (Wildman–Crippen LogP) is 0.906. The Balaban J connectivity index is 2.05. The lowest BCUT2D eigenvalue weighted by molar-refractivity contribution is -0.143. The first kappa shape index (κ1) is 5.98. The van der Waals surface area contributed by atoms with Crippen molar-refractivity contribution in [3.63, 3.8) is 0 Å². The van der Waals surface area contributed by atoms with Crippen LogP contribution < -0.4 is 0 Å². The molecule has 1 heterocycles. The van der Waals surface area contributed by atoms with Gasteiger partial charge in [-0.1, -0.05) is 0 Å². The van der Waals surface area contributed by atoms with Gasteiger partial charge in [0.1, 0.15) is 12.3 Å². The Hall–Kier alpha value is -0.600. The van der Waals surface area contributed by atoms with Crippen LogP contribution >= 0.6 is 0 Å². The molecule has 60 valence electrons. The first-order valence-corrected chi connectivity index (χ1v) is 4.12. The summed E-state index contributed by atoms with van der Waals surface area (Å²) in [4.78, 5) is 11.0. The van der Waals surface area contributed by atoms with Crippen molar-refractivity contribution >= 4 is 5.97 Å². The molecule has 5 atom stereocenters. The molecule has 3 aliphatic rings. The van der Waals surface area contributed by atoms with Gasteiger partial charge in [-0.3, -0.25) is 4.79 Å². The van der Waals surface area contributed by atoms with Crippen molar-refractivity contribution in [1.82, 2.24) is 0 Å². The van der Waals surface area contributed by atoms with E-state index in [2.05, 4.69) is 0 Å². The number of ether oxygens (including phenoxy) is 1. The minimum Gasteiger partial charge on any atom is -0.462 e. The molecule has 0 unspecified atom stereocenters.